The van der Waals surface area contributed by atoms with Gasteiger partial charge in [0.25, 0.3) is 0 Å². The average molecular weight is 705 g/mol. The molecule has 0 aromatic heterocycles. The maximum Gasteiger partial charge on any atom is 0.246 e. The van der Waals surface area contributed by atoms with Gasteiger partial charge < -0.3 is 41.3 Å². The number of rotatable bonds is 15. The average Bonchev–Trinajstić information content (AvgIpc) is 3.58. The van der Waals surface area contributed by atoms with E-state index in [4.69, 9.17) is 6.92 Å². The van der Waals surface area contributed by atoms with E-state index in [0.717, 1.165) is 12.8 Å². The van der Waals surface area contributed by atoms with E-state index in [2.05, 4.69) is 28.2 Å². The Hall–Kier alpha value is -3.26. The molecule has 0 spiro atoms. The van der Waals surface area contributed by atoms with E-state index in [-0.39, 0.29) is 43.7 Å². The number of hydrogen-bond donors (Lipinski definition) is 6. The zero-order valence-corrected chi connectivity index (χ0v) is 30.5. The maximum atomic E-state index is 13.9. The minimum atomic E-state index is -1.56. The summed E-state index contributed by atoms with van der Waals surface area (Å²) in [5.41, 5.74) is 0. The van der Waals surface area contributed by atoms with Crippen molar-refractivity contribution in [3.8, 4) is 0 Å². The second-order valence-corrected chi connectivity index (χ2v) is 14.8. The molecule has 2 aliphatic heterocycles. The van der Waals surface area contributed by atoms with Gasteiger partial charge in [-0.2, -0.15) is 0 Å². The van der Waals surface area contributed by atoms with Crippen molar-refractivity contribution in [3.05, 3.63) is 6.92 Å². The van der Waals surface area contributed by atoms with Crippen molar-refractivity contribution in [1.29, 1.82) is 0 Å². The molecule has 8 atom stereocenters. The van der Waals surface area contributed by atoms with Crippen LogP contribution in [-0.2, 0) is 28.8 Å². The third-order valence-electron chi connectivity index (χ3n) is 10.4. The van der Waals surface area contributed by atoms with Gasteiger partial charge in [0.15, 0.2) is 0 Å². The zero-order valence-electron chi connectivity index (χ0n) is 30.5. The molecule has 282 valence electrons. The molecule has 6 N–H and O–H groups in total. The lowest BCUT2D eigenvalue weighted by molar-refractivity contribution is -0.149. The Morgan fingerprint density at radius 1 is 0.780 bits per heavy atom. The number of amides is 6. The van der Waals surface area contributed by atoms with E-state index < -0.39 is 72.0 Å². The molecule has 2 saturated heterocycles. The second-order valence-electron chi connectivity index (χ2n) is 14.8. The smallest absolute Gasteiger partial charge is 0.246 e. The summed E-state index contributed by atoms with van der Waals surface area (Å²) in [5.74, 6) is -2.91. The molecule has 3 aliphatic rings. The summed E-state index contributed by atoms with van der Waals surface area (Å²) in [4.78, 5) is 82.5. The van der Waals surface area contributed by atoms with E-state index in [1.807, 2.05) is 20.8 Å². The van der Waals surface area contributed by atoms with Gasteiger partial charge in [-0.25, -0.2) is 0 Å². The topological polar surface area (TPSA) is 197 Å². The zero-order chi connectivity index (χ0) is 37.1. The summed E-state index contributed by atoms with van der Waals surface area (Å²) in [6, 6.07) is -5.79. The van der Waals surface area contributed by atoms with Gasteiger partial charge in [-0.1, -0.05) is 59.8 Å². The molecule has 14 nitrogen and oxygen atoms in total. The third-order valence-corrected chi connectivity index (χ3v) is 10.4. The lowest BCUT2D eigenvalue weighted by Crippen LogP contribution is -2.62. The molecule has 2 radical (unpaired) electrons. The first-order valence-electron chi connectivity index (χ1n) is 18.6. The van der Waals surface area contributed by atoms with Crippen molar-refractivity contribution in [2.45, 2.75) is 148 Å². The molecule has 1 saturated carbocycles. The van der Waals surface area contributed by atoms with Crippen LogP contribution < -0.4 is 21.3 Å². The van der Waals surface area contributed by atoms with Crippen LogP contribution in [0.4, 0.5) is 0 Å². The fraction of sp³-hybridized carbons (Fsp3) is 0.806. The van der Waals surface area contributed by atoms with Gasteiger partial charge in [0.05, 0.1) is 12.2 Å². The molecule has 2 heterocycles. The highest BCUT2D eigenvalue weighted by molar-refractivity contribution is 5.97. The summed E-state index contributed by atoms with van der Waals surface area (Å²) in [7, 11) is 0. The molecule has 0 aromatic carbocycles. The Kier molecular flexibility index (Phi) is 16.0. The number of piperidine rings is 1. The molecule has 3 rings (SSSR count). The maximum absolute atomic E-state index is 13.9. The molecule has 2 unspecified atom stereocenters. The van der Waals surface area contributed by atoms with E-state index in [0.29, 0.717) is 38.1 Å². The molecule has 6 amide bonds. The molecule has 1 aliphatic carbocycles. The normalized spacial score (nSPS) is 24.5. The Bertz CT molecular complexity index is 1190. The van der Waals surface area contributed by atoms with Crippen LogP contribution in [0, 0.1) is 24.7 Å². The van der Waals surface area contributed by atoms with Crippen LogP contribution >= 0.6 is 0 Å². The van der Waals surface area contributed by atoms with Crippen LogP contribution in [0.25, 0.3) is 0 Å². The van der Waals surface area contributed by atoms with Crippen LogP contribution in [0.2, 0.25) is 0 Å². The van der Waals surface area contributed by atoms with Crippen LogP contribution in [0.1, 0.15) is 105 Å². The first-order chi connectivity index (χ1) is 23.7. The molecule has 0 aromatic rings. The van der Waals surface area contributed by atoms with Gasteiger partial charge in [-0.15, -0.1) is 0 Å². The number of nitrogens with zero attached hydrogens (tertiary/aromatic N) is 2. The van der Waals surface area contributed by atoms with Crippen molar-refractivity contribution in [1.82, 2.24) is 31.1 Å². The predicted octanol–water partition coefficient (Wildman–Crippen LogP) is 0.664. The molecule has 50 heavy (non-hydrogen) atoms. The summed E-state index contributed by atoms with van der Waals surface area (Å²) >= 11 is 0. The van der Waals surface area contributed by atoms with E-state index in [9.17, 15) is 39.0 Å². The van der Waals surface area contributed by atoms with Gasteiger partial charge in [0.1, 0.15) is 30.2 Å². The minimum absolute atomic E-state index is 0.0729. The SMILES string of the molecule is [CH][C@H](NC(=O)[C@@H]1CC(O)CCN1C(=O)[C@@H](NC(=O)C[C@H](C)C1CCCCC1)C(C)C)C(=O)N1CCC[C@H]1C(=O)N[C@H](C(=O)NCCC)C(C)O. The Morgan fingerprint density at radius 2 is 1.42 bits per heavy atom. The summed E-state index contributed by atoms with van der Waals surface area (Å²) in [5, 5.41) is 31.2. The highest BCUT2D eigenvalue weighted by Crippen LogP contribution is 2.31. The highest BCUT2D eigenvalue weighted by atomic mass is 16.3. The number of aliphatic hydroxyl groups is 2. The monoisotopic (exact) mass is 704 g/mol. The van der Waals surface area contributed by atoms with Crippen molar-refractivity contribution >= 4 is 35.4 Å². The first-order valence-corrected chi connectivity index (χ1v) is 18.6. The quantitative estimate of drug-likeness (QED) is 0.143. The van der Waals surface area contributed by atoms with Crippen LogP contribution in [0.15, 0.2) is 0 Å². The Morgan fingerprint density at radius 3 is 2.04 bits per heavy atom. The molecular formula is C36H60N6O8. The van der Waals surface area contributed by atoms with E-state index in [1.54, 1.807) is 0 Å². The number of carbonyl (C=O) groups excluding carboxylic acids is 6. The predicted molar refractivity (Wildman–Crippen MR) is 186 cm³/mol. The van der Waals surface area contributed by atoms with Gasteiger partial charge >= 0.3 is 0 Å². The second kappa shape index (κ2) is 19.4. The third kappa shape index (κ3) is 11.1. The van der Waals surface area contributed by atoms with Crippen LogP contribution in [0.3, 0.4) is 0 Å². The fourth-order valence-corrected chi connectivity index (χ4v) is 7.35. The van der Waals surface area contributed by atoms with E-state index >= 15 is 0 Å². The van der Waals surface area contributed by atoms with Gasteiger partial charge in [-0.05, 0) is 57.3 Å². The molecular weight excluding hydrogens is 644 g/mol. The van der Waals surface area contributed by atoms with Gasteiger partial charge in [0, 0.05) is 32.5 Å². The number of carbonyl (C=O) groups is 6. The van der Waals surface area contributed by atoms with E-state index in [1.165, 1.54) is 36.0 Å². The van der Waals surface area contributed by atoms with Crippen molar-refractivity contribution in [2.75, 3.05) is 19.6 Å². The number of hydrogen-bond acceptors (Lipinski definition) is 8. The Labute approximate surface area is 297 Å². The molecule has 0 bridgehead atoms. The number of aliphatic hydroxyl groups excluding tert-OH is 2. The van der Waals surface area contributed by atoms with Crippen molar-refractivity contribution in [3.63, 3.8) is 0 Å². The number of nitrogens with one attached hydrogen (secondary N) is 4. The lowest BCUT2D eigenvalue weighted by Gasteiger charge is -2.40. The standard InChI is InChI=1S/C36H60N6O8/c1-7-16-37-34(48)31(24(6)43)40-32(46)27-14-11-17-41(27)35(49)23(5)38-33(47)28-20-26(44)15-18-42(28)36(50)30(21(2)3)39-29(45)19-22(4)25-12-9-8-10-13-25/h5,21-28,30-31,43-44H,7-20H2,1-4,6H3,(H,37,48)(H,38,47)(H,39,45)(H,40,46)/t22-,23-,24?,26?,27-,28-,30-,31-/m0/s1. The number of likely N-dealkylation sites (tertiary alicyclic amines) is 2. The minimum Gasteiger partial charge on any atom is -0.393 e. The lowest BCUT2D eigenvalue weighted by atomic mass is 9.79. The molecule has 14 heteroatoms. The summed E-state index contributed by atoms with van der Waals surface area (Å²) in [6.45, 7) is 15.8. The highest BCUT2D eigenvalue weighted by Gasteiger charge is 2.42. The fourth-order valence-electron chi connectivity index (χ4n) is 7.35. The summed E-state index contributed by atoms with van der Waals surface area (Å²) < 4.78 is 0. The largest absolute Gasteiger partial charge is 0.393 e. The van der Waals surface area contributed by atoms with Crippen LogP contribution in [-0.4, -0.2) is 118 Å². The summed E-state index contributed by atoms with van der Waals surface area (Å²) in [6.07, 6.45) is 5.62. The van der Waals surface area contributed by atoms with Crippen molar-refractivity contribution in [2.24, 2.45) is 17.8 Å². The molecule has 3 fully saturated rings. The van der Waals surface area contributed by atoms with Crippen molar-refractivity contribution < 1.29 is 39.0 Å². The van der Waals surface area contributed by atoms with Gasteiger partial charge in [0.2, 0.25) is 35.4 Å². The Balaban J connectivity index is 1.65. The first kappa shape index (κ1) is 41.2. The van der Waals surface area contributed by atoms with Gasteiger partial charge in [-0.3, -0.25) is 28.8 Å². The van der Waals surface area contributed by atoms with Crippen LogP contribution in [0.5, 0.6) is 0 Å².